The molecule has 1 saturated heterocycles. The highest BCUT2D eigenvalue weighted by Crippen LogP contribution is 2.10. The highest BCUT2D eigenvalue weighted by atomic mass is 35.5. The van der Waals surface area contributed by atoms with Crippen molar-refractivity contribution in [3.63, 3.8) is 0 Å². The Balaban J connectivity index is 0.00000264. The van der Waals surface area contributed by atoms with E-state index in [1.807, 2.05) is 26.0 Å². The number of carbonyl (C=O) groups is 1. The molecule has 24 heavy (non-hydrogen) atoms. The number of carbonyl (C=O) groups excluding carboxylic acids is 1. The van der Waals surface area contributed by atoms with Crippen LogP contribution >= 0.6 is 24.8 Å². The van der Waals surface area contributed by atoms with Crippen LogP contribution in [0.4, 0.5) is 0 Å². The summed E-state index contributed by atoms with van der Waals surface area (Å²) in [6.07, 6.45) is 0. The number of hydrogen-bond donors (Lipinski definition) is 2. The third-order valence-electron chi connectivity index (χ3n) is 4.17. The Labute approximate surface area is 157 Å². The lowest BCUT2D eigenvalue weighted by Crippen LogP contribution is -2.38. The van der Waals surface area contributed by atoms with Crippen LogP contribution in [0.5, 0.6) is 0 Å². The highest BCUT2D eigenvalue weighted by molar-refractivity contribution is 5.85. The molecule has 1 aromatic carbocycles. The molecule has 2 rings (SSSR count). The molecule has 138 valence electrons. The van der Waals surface area contributed by atoms with E-state index in [1.54, 1.807) is 0 Å². The van der Waals surface area contributed by atoms with Gasteiger partial charge in [0.15, 0.2) is 0 Å². The number of amides is 1. The van der Waals surface area contributed by atoms with E-state index in [2.05, 4.69) is 22.3 Å². The first-order valence-corrected chi connectivity index (χ1v) is 7.97. The second-order valence-corrected chi connectivity index (χ2v) is 6.07. The van der Waals surface area contributed by atoms with Gasteiger partial charge in [-0.1, -0.05) is 31.2 Å². The van der Waals surface area contributed by atoms with Gasteiger partial charge in [0.25, 0.3) is 0 Å². The third kappa shape index (κ3) is 7.36. The monoisotopic (exact) mass is 377 g/mol. The summed E-state index contributed by atoms with van der Waals surface area (Å²) in [5.74, 6) is -0.162. The van der Waals surface area contributed by atoms with E-state index in [0.29, 0.717) is 6.54 Å². The summed E-state index contributed by atoms with van der Waals surface area (Å²) in [4.78, 5) is 14.3. The molecule has 0 radical (unpaired) electrons. The molecule has 2 atom stereocenters. The van der Waals surface area contributed by atoms with Crippen LogP contribution in [0.2, 0.25) is 0 Å². The molecule has 1 amide bonds. The molecule has 0 saturated carbocycles. The zero-order valence-electron chi connectivity index (χ0n) is 14.4. The van der Waals surface area contributed by atoms with Crippen LogP contribution in [0.15, 0.2) is 24.3 Å². The zero-order valence-corrected chi connectivity index (χ0v) is 16.0. The van der Waals surface area contributed by atoms with Crippen molar-refractivity contribution >= 4 is 30.7 Å². The normalized spacial score (nSPS) is 17.1. The Morgan fingerprint density at radius 1 is 1.25 bits per heavy atom. The number of nitrogens with zero attached hydrogens (tertiary/aromatic N) is 1. The van der Waals surface area contributed by atoms with Crippen molar-refractivity contribution in [2.75, 3.05) is 26.3 Å². The Hall–Kier alpha value is -0.850. The predicted octanol–water partition coefficient (Wildman–Crippen LogP) is 1.96. The molecular weight excluding hydrogens is 349 g/mol. The topological polar surface area (TPSA) is 67.6 Å². The average molecular weight is 378 g/mol. The maximum absolute atomic E-state index is 11.9. The molecule has 1 aliphatic rings. The lowest BCUT2D eigenvalue weighted by Gasteiger charge is -2.26. The fraction of sp³-hybridized carbons (Fsp3) is 0.588. The molecule has 1 aromatic rings. The van der Waals surface area contributed by atoms with Crippen molar-refractivity contribution in [3.05, 3.63) is 35.4 Å². The summed E-state index contributed by atoms with van der Waals surface area (Å²) in [5.41, 5.74) is 8.15. The van der Waals surface area contributed by atoms with Gasteiger partial charge in [0, 0.05) is 38.1 Å². The van der Waals surface area contributed by atoms with Gasteiger partial charge in [-0.25, -0.2) is 0 Å². The van der Waals surface area contributed by atoms with Gasteiger partial charge in [-0.2, -0.15) is 0 Å². The molecule has 1 fully saturated rings. The number of halogens is 2. The van der Waals surface area contributed by atoms with E-state index in [-0.39, 0.29) is 42.7 Å². The summed E-state index contributed by atoms with van der Waals surface area (Å²) in [6.45, 7) is 8.77. The molecule has 0 bridgehead atoms. The molecule has 0 spiro atoms. The summed E-state index contributed by atoms with van der Waals surface area (Å²) < 4.78 is 5.37. The second kappa shape index (κ2) is 11.7. The van der Waals surface area contributed by atoms with Crippen LogP contribution in [-0.2, 0) is 22.6 Å². The minimum Gasteiger partial charge on any atom is -0.379 e. The minimum atomic E-state index is -0.170. The first-order chi connectivity index (χ1) is 10.6. The van der Waals surface area contributed by atoms with Crippen molar-refractivity contribution < 1.29 is 9.53 Å². The van der Waals surface area contributed by atoms with E-state index >= 15 is 0 Å². The van der Waals surface area contributed by atoms with Crippen LogP contribution in [0.1, 0.15) is 25.0 Å². The number of benzene rings is 1. The van der Waals surface area contributed by atoms with E-state index < -0.39 is 0 Å². The summed E-state index contributed by atoms with van der Waals surface area (Å²) in [6, 6.07) is 8.25. The van der Waals surface area contributed by atoms with Crippen LogP contribution in [0.25, 0.3) is 0 Å². The molecule has 0 aromatic heterocycles. The van der Waals surface area contributed by atoms with E-state index in [0.717, 1.165) is 38.4 Å². The number of morpholine rings is 1. The SMILES string of the molecule is CC(N)C(C)C(=O)NCc1cccc(CN2CCOCC2)c1.Cl.Cl. The van der Waals surface area contributed by atoms with Gasteiger partial charge in [-0.3, -0.25) is 9.69 Å². The van der Waals surface area contributed by atoms with E-state index in [9.17, 15) is 4.79 Å². The molecule has 0 aliphatic carbocycles. The molecule has 1 heterocycles. The van der Waals surface area contributed by atoms with Crippen molar-refractivity contribution in [2.24, 2.45) is 11.7 Å². The van der Waals surface area contributed by atoms with Crippen LogP contribution < -0.4 is 11.1 Å². The van der Waals surface area contributed by atoms with Gasteiger partial charge >= 0.3 is 0 Å². The van der Waals surface area contributed by atoms with Gasteiger partial charge in [-0.15, -0.1) is 24.8 Å². The fourth-order valence-corrected chi connectivity index (χ4v) is 2.44. The summed E-state index contributed by atoms with van der Waals surface area (Å²) >= 11 is 0. The van der Waals surface area contributed by atoms with Crippen molar-refractivity contribution in [1.29, 1.82) is 0 Å². The maximum Gasteiger partial charge on any atom is 0.224 e. The summed E-state index contributed by atoms with van der Waals surface area (Å²) in [7, 11) is 0. The van der Waals surface area contributed by atoms with Gasteiger partial charge in [0.05, 0.1) is 13.2 Å². The molecule has 1 aliphatic heterocycles. The first kappa shape index (κ1) is 23.1. The van der Waals surface area contributed by atoms with Gasteiger partial charge < -0.3 is 15.8 Å². The average Bonchev–Trinajstić information content (AvgIpc) is 2.53. The highest BCUT2D eigenvalue weighted by Gasteiger charge is 2.16. The number of rotatable bonds is 6. The standard InChI is InChI=1S/C17H27N3O2.2ClH/c1-13(14(2)18)17(21)19-11-15-4-3-5-16(10-15)12-20-6-8-22-9-7-20;;/h3-5,10,13-14H,6-9,11-12,18H2,1-2H3,(H,19,21);2*1H. The molecule has 3 N–H and O–H groups in total. The zero-order chi connectivity index (χ0) is 15.9. The van der Waals surface area contributed by atoms with Crippen LogP contribution in [-0.4, -0.2) is 43.2 Å². The predicted molar refractivity (Wildman–Crippen MR) is 102 cm³/mol. The Bertz CT molecular complexity index is 494. The lowest BCUT2D eigenvalue weighted by molar-refractivity contribution is -0.125. The minimum absolute atomic E-state index is 0. The number of hydrogen-bond acceptors (Lipinski definition) is 4. The Morgan fingerprint density at radius 3 is 2.50 bits per heavy atom. The van der Waals surface area contributed by atoms with Crippen molar-refractivity contribution in [2.45, 2.75) is 33.0 Å². The van der Waals surface area contributed by atoms with Crippen LogP contribution in [0.3, 0.4) is 0 Å². The van der Waals surface area contributed by atoms with Crippen molar-refractivity contribution in [3.8, 4) is 0 Å². The largest absolute Gasteiger partial charge is 0.379 e. The summed E-state index contributed by atoms with van der Waals surface area (Å²) in [5, 5.41) is 2.96. The Kier molecular flexibility index (Phi) is 11.2. The number of nitrogens with two attached hydrogens (primary N) is 1. The first-order valence-electron chi connectivity index (χ1n) is 7.97. The van der Waals surface area contributed by atoms with Gasteiger partial charge in [-0.05, 0) is 18.1 Å². The second-order valence-electron chi connectivity index (χ2n) is 6.07. The molecule has 2 unspecified atom stereocenters. The van der Waals surface area contributed by atoms with Crippen molar-refractivity contribution in [1.82, 2.24) is 10.2 Å². The number of ether oxygens (including phenoxy) is 1. The van der Waals surface area contributed by atoms with E-state index in [1.165, 1.54) is 5.56 Å². The molecule has 7 heteroatoms. The van der Waals surface area contributed by atoms with Crippen LogP contribution in [0, 0.1) is 5.92 Å². The Morgan fingerprint density at radius 2 is 1.88 bits per heavy atom. The van der Waals surface area contributed by atoms with Gasteiger partial charge in [0.2, 0.25) is 5.91 Å². The maximum atomic E-state index is 11.9. The quantitative estimate of drug-likeness (QED) is 0.794. The molecular formula is C17H29Cl2N3O2. The fourth-order valence-electron chi connectivity index (χ4n) is 2.44. The molecule has 5 nitrogen and oxygen atoms in total. The van der Waals surface area contributed by atoms with Gasteiger partial charge in [0.1, 0.15) is 0 Å². The smallest absolute Gasteiger partial charge is 0.224 e. The van der Waals surface area contributed by atoms with E-state index in [4.69, 9.17) is 10.5 Å². The third-order valence-corrected chi connectivity index (χ3v) is 4.17. The number of nitrogens with one attached hydrogen (secondary N) is 1. The lowest BCUT2D eigenvalue weighted by atomic mass is 10.0.